The van der Waals surface area contributed by atoms with Crippen molar-refractivity contribution in [3.63, 3.8) is 0 Å². The van der Waals surface area contributed by atoms with Crippen LogP contribution in [-0.4, -0.2) is 18.6 Å². The lowest BCUT2D eigenvalue weighted by atomic mass is 9.84. The normalized spacial score (nSPS) is 12.3. The van der Waals surface area contributed by atoms with Crippen LogP contribution in [0.4, 0.5) is 13.2 Å². The maximum absolute atomic E-state index is 12.0. The van der Waals surface area contributed by atoms with Crippen LogP contribution in [0.25, 0.3) is 0 Å². The topological polar surface area (TPSA) is 29.1 Å². The summed E-state index contributed by atoms with van der Waals surface area (Å²) < 4.78 is 36.0. The molecule has 0 aliphatic carbocycles. The van der Waals surface area contributed by atoms with Crippen molar-refractivity contribution in [3.8, 4) is 0 Å². The van der Waals surface area contributed by atoms with E-state index in [1.165, 1.54) is 0 Å². The first kappa shape index (κ1) is 13.5. The number of carbonyl (C=O) groups is 1. The fraction of sp³-hybridized carbons (Fsp3) is 0.417. The monoisotopic (exact) mass is 245 g/mol. The van der Waals surface area contributed by atoms with Crippen LogP contribution in [0, 0.1) is 0 Å². The van der Waals surface area contributed by atoms with Crippen LogP contribution < -0.4 is 5.32 Å². The zero-order valence-electron chi connectivity index (χ0n) is 9.64. The highest BCUT2D eigenvalue weighted by molar-refractivity contribution is 5.81. The fourth-order valence-electron chi connectivity index (χ4n) is 1.39. The minimum atomic E-state index is -4.83. The summed E-state index contributed by atoms with van der Waals surface area (Å²) in [6.07, 6.45) is -4.83. The smallest absolute Gasteiger partial charge is 0.347 e. The molecule has 1 rings (SSSR count). The van der Waals surface area contributed by atoms with Gasteiger partial charge in [-0.1, -0.05) is 44.2 Å². The molecule has 1 aromatic carbocycles. The van der Waals surface area contributed by atoms with Crippen molar-refractivity contribution < 1.29 is 18.0 Å². The zero-order chi connectivity index (χ0) is 13.1. The van der Waals surface area contributed by atoms with Gasteiger partial charge in [-0.15, -0.1) is 0 Å². The Morgan fingerprint density at radius 1 is 1.18 bits per heavy atom. The van der Waals surface area contributed by atoms with Gasteiger partial charge in [0.15, 0.2) is 0 Å². The first-order chi connectivity index (χ1) is 7.73. The van der Waals surface area contributed by atoms with Crippen molar-refractivity contribution in [2.24, 2.45) is 0 Å². The molecule has 0 saturated carbocycles. The molecule has 0 aliphatic heterocycles. The van der Waals surface area contributed by atoms with Crippen molar-refractivity contribution in [1.82, 2.24) is 5.32 Å². The zero-order valence-corrected chi connectivity index (χ0v) is 9.64. The molecular weight excluding hydrogens is 231 g/mol. The van der Waals surface area contributed by atoms with E-state index < -0.39 is 17.5 Å². The number of nitrogens with one attached hydrogen (secondary N) is 1. The van der Waals surface area contributed by atoms with Gasteiger partial charge in [0.25, 0.3) is 0 Å². The summed E-state index contributed by atoms with van der Waals surface area (Å²) in [5.41, 5.74) is 0.338. The van der Waals surface area contributed by atoms with Crippen molar-refractivity contribution in [1.29, 1.82) is 0 Å². The Balaban J connectivity index is 2.66. The second-order valence-electron chi connectivity index (χ2n) is 4.43. The number of hydrogen-bond acceptors (Lipinski definition) is 1. The van der Waals surface area contributed by atoms with E-state index in [1.54, 1.807) is 13.8 Å². The van der Waals surface area contributed by atoms with E-state index in [9.17, 15) is 18.0 Å². The Morgan fingerprint density at radius 3 is 2.18 bits per heavy atom. The average molecular weight is 245 g/mol. The summed E-state index contributed by atoms with van der Waals surface area (Å²) in [4.78, 5) is 10.7. The summed E-state index contributed by atoms with van der Waals surface area (Å²) >= 11 is 0. The highest BCUT2D eigenvalue weighted by atomic mass is 19.4. The van der Waals surface area contributed by atoms with E-state index in [2.05, 4.69) is 0 Å². The van der Waals surface area contributed by atoms with Crippen LogP contribution in [-0.2, 0) is 10.2 Å². The van der Waals surface area contributed by atoms with Gasteiger partial charge in [-0.05, 0) is 5.56 Å². The molecule has 1 N–H and O–H groups in total. The molecule has 94 valence electrons. The van der Waals surface area contributed by atoms with E-state index in [-0.39, 0.29) is 6.54 Å². The quantitative estimate of drug-likeness (QED) is 0.871. The van der Waals surface area contributed by atoms with Gasteiger partial charge in [0.05, 0.1) is 0 Å². The van der Waals surface area contributed by atoms with E-state index in [1.807, 2.05) is 35.6 Å². The number of rotatable bonds is 3. The molecule has 0 saturated heterocycles. The molecule has 0 unspecified atom stereocenters. The molecule has 0 fully saturated rings. The Hall–Kier alpha value is -1.52. The first-order valence-corrected chi connectivity index (χ1v) is 5.14. The molecular formula is C12H14F3NO. The minimum absolute atomic E-state index is 0.0602. The van der Waals surface area contributed by atoms with Gasteiger partial charge in [0, 0.05) is 12.0 Å². The number of halogens is 3. The molecule has 5 heteroatoms. The van der Waals surface area contributed by atoms with Gasteiger partial charge in [-0.3, -0.25) is 4.79 Å². The van der Waals surface area contributed by atoms with Gasteiger partial charge >= 0.3 is 12.1 Å². The SMILES string of the molecule is CC(C)(CNC(=O)C(F)(F)F)c1ccccc1. The average Bonchev–Trinajstić information content (AvgIpc) is 2.26. The van der Waals surface area contributed by atoms with E-state index in [0.717, 1.165) is 5.56 Å². The fourth-order valence-corrected chi connectivity index (χ4v) is 1.39. The number of benzene rings is 1. The third-order valence-corrected chi connectivity index (χ3v) is 2.50. The lowest BCUT2D eigenvalue weighted by Gasteiger charge is -2.25. The number of hydrogen-bond donors (Lipinski definition) is 1. The van der Waals surface area contributed by atoms with Gasteiger partial charge < -0.3 is 5.32 Å². The molecule has 1 amide bonds. The van der Waals surface area contributed by atoms with Crippen LogP contribution in [0.15, 0.2) is 30.3 Å². The number of amides is 1. The molecule has 17 heavy (non-hydrogen) atoms. The van der Waals surface area contributed by atoms with E-state index in [0.29, 0.717) is 0 Å². The van der Waals surface area contributed by atoms with Gasteiger partial charge in [0.1, 0.15) is 0 Å². The summed E-state index contributed by atoms with van der Waals surface area (Å²) in [6, 6.07) is 9.08. The molecule has 0 aromatic heterocycles. The highest BCUT2D eigenvalue weighted by Crippen LogP contribution is 2.22. The second-order valence-corrected chi connectivity index (χ2v) is 4.43. The predicted molar refractivity (Wildman–Crippen MR) is 58.5 cm³/mol. The van der Waals surface area contributed by atoms with Gasteiger partial charge in [-0.2, -0.15) is 13.2 Å². The van der Waals surface area contributed by atoms with Crippen LogP contribution in [0.3, 0.4) is 0 Å². The van der Waals surface area contributed by atoms with Crippen LogP contribution >= 0.6 is 0 Å². The van der Waals surface area contributed by atoms with Gasteiger partial charge in [0.2, 0.25) is 0 Å². The van der Waals surface area contributed by atoms with Crippen LogP contribution in [0.1, 0.15) is 19.4 Å². The summed E-state index contributed by atoms with van der Waals surface area (Å²) in [5, 5.41) is 1.90. The lowest BCUT2D eigenvalue weighted by molar-refractivity contribution is -0.173. The second kappa shape index (κ2) is 4.77. The molecule has 2 nitrogen and oxygen atoms in total. The van der Waals surface area contributed by atoms with Crippen LogP contribution in [0.5, 0.6) is 0 Å². The summed E-state index contributed by atoms with van der Waals surface area (Å²) in [5.74, 6) is -1.90. The van der Waals surface area contributed by atoms with Crippen molar-refractivity contribution >= 4 is 5.91 Å². The Labute approximate surface area is 97.8 Å². The molecule has 0 spiro atoms. The highest BCUT2D eigenvalue weighted by Gasteiger charge is 2.39. The van der Waals surface area contributed by atoms with E-state index in [4.69, 9.17) is 0 Å². The maximum Gasteiger partial charge on any atom is 0.471 e. The van der Waals surface area contributed by atoms with Crippen molar-refractivity contribution in [2.75, 3.05) is 6.54 Å². The maximum atomic E-state index is 12.0. The third kappa shape index (κ3) is 3.76. The minimum Gasteiger partial charge on any atom is -0.347 e. The Kier molecular flexibility index (Phi) is 3.80. The predicted octanol–water partition coefficient (Wildman–Crippen LogP) is 2.64. The van der Waals surface area contributed by atoms with E-state index >= 15 is 0 Å². The molecule has 0 bridgehead atoms. The molecule has 0 atom stereocenters. The summed E-state index contributed by atoms with van der Waals surface area (Å²) in [7, 11) is 0. The third-order valence-electron chi connectivity index (χ3n) is 2.50. The number of carbonyl (C=O) groups excluding carboxylic acids is 1. The first-order valence-electron chi connectivity index (χ1n) is 5.14. The Bertz CT molecular complexity index is 384. The van der Waals surface area contributed by atoms with Gasteiger partial charge in [-0.25, -0.2) is 0 Å². The molecule has 1 aromatic rings. The molecule has 0 heterocycles. The molecule has 0 aliphatic rings. The van der Waals surface area contributed by atoms with Crippen molar-refractivity contribution in [3.05, 3.63) is 35.9 Å². The largest absolute Gasteiger partial charge is 0.471 e. The Morgan fingerprint density at radius 2 is 1.71 bits per heavy atom. The molecule has 0 radical (unpaired) electrons. The lowest BCUT2D eigenvalue weighted by Crippen LogP contribution is -2.43. The number of alkyl halides is 3. The summed E-state index contributed by atoms with van der Waals surface area (Å²) in [6.45, 7) is 3.49. The standard InChI is InChI=1S/C12H14F3NO/c1-11(2,9-6-4-3-5-7-9)8-16-10(17)12(13,14)15/h3-7H,8H2,1-2H3,(H,16,17). The van der Waals surface area contributed by atoms with Crippen molar-refractivity contribution in [2.45, 2.75) is 25.4 Å². The van der Waals surface area contributed by atoms with Crippen LogP contribution in [0.2, 0.25) is 0 Å².